The third-order valence-electron chi connectivity index (χ3n) is 6.75. The van der Waals surface area contributed by atoms with Crippen molar-refractivity contribution in [3.8, 4) is 16.8 Å². The van der Waals surface area contributed by atoms with Crippen LogP contribution in [0.1, 0.15) is 12.8 Å². The van der Waals surface area contributed by atoms with Crippen LogP contribution < -0.4 is 5.56 Å². The van der Waals surface area contributed by atoms with E-state index < -0.39 is 0 Å². The van der Waals surface area contributed by atoms with Crippen molar-refractivity contribution in [1.29, 1.82) is 0 Å². The van der Waals surface area contributed by atoms with Crippen molar-refractivity contribution in [2.75, 3.05) is 19.6 Å². The first-order valence-electron chi connectivity index (χ1n) is 11.7. The molecule has 5 heteroatoms. The zero-order valence-electron chi connectivity index (χ0n) is 18.5. The normalized spacial score (nSPS) is 14.4. The predicted octanol–water partition coefficient (Wildman–Crippen LogP) is 5.10. The van der Waals surface area contributed by atoms with Crippen LogP contribution in [0.15, 0.2) is 90.0 Å². The molecule has 1 aliphatic rings. The van der Waals surface area contributed by atoms with Crippen LogP contribution in [-0.2, 0) is 6.54 Å². The van der Waals surface area contributed by atoms with E-state index in [4.69, 9.17) is 0 Å². The van der Waals surface area contributed by atoms with Crippen LogP contribution in [0.3, 0.4) is 0 Å². The van der Waals surface area contributed by atoms with E-state index in [-0.39, 0.29) is 5.56 Å². The molecule has 0 aliphatic carbocycles. The van der Waals surface area contributed by atoms with E-state index in [9.17, 15) is 4.79 Å². The van der Waals surface area contributed by atoms with E-state index in [0.717, 1.165) is 46.2 Å². The molecule has 3 heterocycles. The first-order chi connectivity index (χ1) is 16.3. The van der Waals surface area contributed by atoms with Crippen molar-refractivity contribution in [2.45, 2.75) is 19.4 Å². The lowest BCUT2D eigenvalue weighted by molar-refractivity contribution is 0.318. The average molecular weight is 435 g/mol. The Bertz CT molecular complexity index is 1500. The van der Waals surface area contributed by atoms with Gasteiger partial charge < -0.3 is 4.90 Å². The Labute approximate surface area is 192 Å². The first kappa shape index (κ1) is 19.9. The number of hydrogen-bond donors (Lipinski definition) is 0. The highest BCUT2D eigenvalue weighted by Gasteiger charge is 2.13. The second kappa shape index (κ2) is 8.34. The predicted molar refractivity (Wildman–Crippen MR) is 134 cm³/mol. The summed E-state index contributed by atoms with van der Waals surface area (Å²) >= 11 is 0. The van der Waals surface area contributed by atoms with Crippen molar-refractivity contribution in [1.82, 2.24) is 19.2 Å². The van der Waals surface area contributed by atoms with Crippen molar-refractivity contribution in [3.63, 3.8) is 0 Å². The van der Waals surface area contributed by atoms with E-state index in [1.54, 1.807) is 10.6 Å². The van der Waals surface area contributed by atoms with Gasteiger partial charge in [-0.25, -0.2) is 0 Å². The van der Waals surface area contributed by atoms with Crippen molar-refractivity contribution >= 4 is 21.7 Å². The Hall–Kier alpha value is -3.70. The van der Waals surface area contributed by atoms with Gasteiger partial charge in [0.25, 0.3) is 5.56 Å². The van der Waals surface area contributed by atoms with Crippen LogP contribution in [0.25, 0.3) is 38.5 Å². The van der Waals surface area contributed by atoms with Crippen LogP contribution in [0.2, 0.25) is 0 Å². The fourth-order valence-electron chi connectivity index (χ4n) is 4.98. The third-order valence-corrected chi connectivity index (χ3v) is 6.75. The van der Waals surface area contributed by atoms with Gasteiger partial charge >= 0.3 is 0 Å². The summed E-state index contributed by atoms with van der Waals surface area (Å²) in [6.45, 7) is 4.32. The van der Waals surface area contributed by atoms with Gasteiger partial charge in [0, 0.05) is 29.9 Å². The smallest absolute Gasteiger partial charge is 0.255 e. The second-order valence-electron chi connectivity index (χ2n) is 8.81. The minimum absolute atomic E-state index is 0.0405. The van der Waals surface area contributed by atoms with E-state index in [1.807, 2.05) is 48.8 Å². The molecular formula is C28H26N4O. The molecule has 5 nitrogen and oxygen atoms in total. The Morgan fingerprint density at radius 2 is 1.67 bits per heavy atom. The maximum atomic E-state index is 13.1. The molecule has 1 aliphatic heterocycles. The molecule has 33 heavy (non-hydrogen) atoms. The maximum absolute atomic E-state index is 13.1. The molecule has 1 fully saturated rings. The molecule has 2 aromatic heterocycles. The Morgan fingerprint density at radius 3 is 2.55 bits per heavy atom. The molecule has 0 radical (unpaired) electrons. The van der Waals surface area contributed by atoms with Gasteiger partial charge in [-0.3, -0.25) is 14.0 Å². The number of fused-ring (bicyclic) bond motifs is 2. The van der Waals surface area contributed by atoms with Gasteiger partial charge in [0.2, 0.25) is 0 Å². The molecule has 0 bridgehead atoms. The largest absolute Gasteiger partial charge is 0.301 e. The first-order valence-corrected chi connectivity index (χ1v) is 11.7. The van der Waals surface area contributed by atoms with Crippen molar-refractivity contribution in [3.05, 3.63) is 95.5 Å². The van der Waals surface area contributed by atoms with Crippen molar-refractivity contribution in [2.24, 2.45) is 0 Å². The van der Waals surface area contributed by atoms with Crippen LogP contribution in [0.4, 0.5) is 0 Å². The number of hydrogen-bond acceptors (Lipinski definition) is 3. The Kier molecular flexibility index (Phi) is 5.04. The molecule has 0 saturated carbocycles. The van der Waals surface area contributed by atoms with E-state index in [2.05, 4.69) is 45.0 Å². The zero-order valence-corrected chi connectivity index (χ0v) is 18.5. The summed E-state index contributed by atoms with van der Waals surface area (Å²) in [5.74, 6) is 0. The van der Waals surface area contributed by atoms with E-state index >= 15 is 0 Å². The van der Waals surface area contributed by atoms with Crippen LogP contribution in [-0.4, -0.2) is 38.9 Å². The molecule has 0 atom stereocenters. The van der Waals surface area contributed by atoms with Crippen LogP contribution in [0.5, 0.6) is 0 Å². The van der Waals surface area contributed by atoms with E-state index in [0.29, 0.717) is 0 Å². The van der Waals surface area contributed by atoms with Gasteiger partial charge in [-0.05, 0) is 72.1 Å². The average Bonchev–Trinajstić information content (AvgIpc) is 3.52. The van der Waals surface area contributed by atoms with Crippen molar-refractivity contribution < 1.29 is 0 Å². The highest BCUT2D eigenvalue weighted by Crippen LogP contribution is 2.28. The summed E-state index contributed by atoms with van der Waals surface area (Å²) in [6.07, 6.45) is 6.38. The fourth-order valence-corrected chi connectivity index (χ4v) is 4.98. The molecular weight excluding hydrogens is 408 g/mol. The summed E-state index contributed by atoms with van der Waals surface area (Å²) < 4.78 is 3.78. The molecule has 0 unspecified atom stereocenters. The van der Waals surface area contributed by atoms with Gasteiger partial charge in [0.1, 0.15) is 0 Å². The highest BCUT2D eigenvalue weighted by atomic mass is 16.1. The summed E-state index contributed by atoms with van der Waals surface area (Å²) in [7, 11) is 0. The Morgan fingerprint density at radius 1 is 0.818 bits per heavy atom. The summed E-state index contributed by atoms with van der Waals surface area (Å²) in [5, 5.41) is 7.98. The molecule has 0 N–H and O–H groups in total. The molecule has 6 rings (SSSR count). The number of aromatic nitrogens is 3. The maximum Gasteiger partial charge on any atom is 0.255 e. The molecule has 3 aromatic carbocycles. The minimum Gasteiger partial charge on any atom is -0.301 e. The summed E-state index contributed by atoms with van der Waals surface area (Å²) in [4.78, 5) is 15.6. The number of likely N-dealkylation sites (tertiary alicyclic amines) is 1. The number of nitrogens with zero attached hydrogens (tertiary/aromatic N) is 4. The topological polar surface area (TPSA) is 43.1 Å². The van der Waals surface area contributed by atoms with Gasteiger partial charge in [0.15, 0.2) is 0 Å². The fraction of sp³-hybridized carbons (Fsp3) is 0.214. The number of pyridine rings is 1. The molecule has 1 saturated heterocycles. The zero-order chi connectivity index (χ0) is 22.2. The van der Waals surface area contributed by atoms with Crippen LogP contribution >= 0.6 is 0 Å². The molecule has 0 spiro atoms. The standard InChI is InChI=1S/C28H26N4O/c33-28-19-22(26-9-5-7-21-6-1-2-8-25(21)26)12-15-31(28)24-10-11-27-23(18-24)20-29-32(27)17-16-30-13-3-4-14-30/h1-2,5-12,15,18-20H,3-4,13-14,16-17H2. The highest BCUT2D eigenvalue weighted by molar-refractivity contribution is 5.96. The Balaban J connectivity index is 1.31. The quantitative estimate of drug-likeness (QED) is 0.386. The van der Waals surface area contributed by atoms with Gasteiger partial charge in [-0.2, -0.15) is 5.10 Å². The van der Waals surface area contributed by atoms with Gasteiger partial charge in [0.05, 0.1) is 18.3 Å². The molecule has 0 amide bonds. The van der Waals surface area contributed by atoms with Gasteiger partial charge in [-0.1, -0.05) is 42.5 Å². The monoisotopic (exact) mass is 434 g/mol. The van der Waals surface area contributed by atoms with E-state index in [1.165, 1.54) is 31.3 Å². The van der Waals surface area contributed by atoms with Crippen LogP contribution in [0, 0.1) is 0 Å². The molecule has 5 aromatic rings. The summed E-state index contributed by atoms with van der Waals surface area (Å²) in [6, 6.07) is 24.4. The minimum atomic E-state index is -0.0405. The number of benzene rings is 3. The number of rotatable bonds is 5. The lowest BCUT2D eigenvalue weighted by Gasteiger charge is -2.14. The third kappa shape index (κ3) is 3.74. The molecule has 164 valence electrons. The lowest BCUT2D eigenvalue weighted by atomic mass is 9.99. The lowest BCUT2D eigenvalue weighted by Crippen LogP contribution is -2.24. The SMILES string of the molecule is O=c1cc(-c2cccc3ccccc23)ccn1-c1ccc2c(cnn2CCN2CCCC2)c1. The second-order valence-corrected chi connectivity index (χ2v) is 8.81. The summed E-state index contributed by atoms with van der Waals surface area (Å²) in [5.41, 5.74) is 3.94. The van der Waals surface area contributed by atoms with Gasteiger partial charge in [-0.15, -0.1) is 0 Å².